The lowest BCUT2D eigenvalue weighted by Crippen LogP contribution is -2.21. The first-order valence-corrected chi connectivity index (χ1v) is 7.10. The maximum Gasteiger partial charge on any atom is 0.315 e. The maximum atomic E-state index is 5.50. The molecule has 0 aliphatic heterocycles. The molecule has 1 aromatic heterocycles. The van der Waals surface area contributed by atoms with Gasteiger partial charge in [-0.15, -0.1) is 5.10 Å². The Balaban J connectivity index is 1.77. The lowest BCUT2D eigenvalue weighted by molar-refractivity contribution is 0.414. The quantitative estimate of drug-likeness (QED) is 0.777. The van der Waals surface area contributed by atoms with E-state index in [4.69, 9.17) is 9.15 Å². The summed E-state index contributed by atoms with van der Waals surface area (Å²) in [6, 6.07) is 8.85. The lowest BCUT2D eigenvalue weighted by Gasteiger charge is -2.05. The van der Waals surface area contributed by atoms with Crippen LogP contribution in [0.2, 0.25) is 0 Å². The first kappa shape index (κ1) is 15.3. The Kier molecular flexibility index (Phi) is 5.57. The number of hydrogen-bond donors (Lipinski definition) is 2. The Morgan fingerprint density at radius 2 is 2.14 bits per heavy atom. The van der Waals surface area contributed by atoms with Gasteiger partial charge >= 0.3 is 6.01 Å². The molecular weight excluding hydrogens is 268 g/mol. The average molecular weight is 290 g/mol. The third-order valence-electron chi connectivity index (χ3n) is 2.95. The molecule has 0 spiro atoms. The van der Waals surface area contributed by atoms with Crippen LogP contribution in [-0.4, -0.2) is 29.9 Å². The highest BCUT2D eigenvalue weighted by molar-refractivity contribution is 5.29. The van der Waals surface area contributed by atoms with Gasteiger partial charge in [0.15, 0.2) is 0 Å². The van der Waals surface area contributed by atoms with Crippen LogP contribution >= 0.6 is 0 Å². The second-order valence-corrected chi connectivity index (χ2v) is 5.06. The molecule has 0 saturated heterocycles. The van der Waals surface area contributed by atoms with E-state index in [9.17, 15) is 0 Å². The van der Waals surface area contributed by atoms with Crippen molar-refractivity contribution in [2.45, 2.75) is 32.9 Å². The summed E-state index contributed by atoms with van der Waals surface area (Å²) in [5.74, 6) is 1.46. The second kappa shape index (κ2) is 7.64. The van der Waals surface area contributed by atoms with E-state index in [-0.39, 0.29) is 0 Å². The number of aromatic nitrogens is 2. The highest BCUT2D eigenvalue weighted by Gasteiger charge is 2.05. The molecule has 0 bridgehead atoms. The second-order valence-electron chi connectivity index (χ2n) is 5.06. The largest absolute Gasteiger partial charge is 0.497 e. The van der Waals surface area contributed by atoms with E-state index in [1.54, 1.807) is 7.11 Å². The fourth-order valence-electron chi connectivity index (χ4n) is 1.83. The van der Waals surface area contributed by atoms with Crippen molar-refractivity contribution in [3.63, 3.8) is 0 Å². The van der Waals surface area contributed by atoms with Crippen molar-refractivity contribution in [3.05, 3.63) is 35.7 Å². The number of hydrogen-bond acceptors (Lipinski definition) is 6. The fraction of sp³-hybridized carbons (Fsp3) is 0.467. The summed E-state index contributed by atoms with van der Waals surface area (Å²) >= 11 is 0. The number of anilines is 1. The van der Waals surface area contributed by atoms with Gasteiger partial charge in [-0.05, 0) is 24.1 Å². The molecular formula is C15H22N4O2. The van der Waals surface area contributed by atoms with Gasteiger partial charge in [0.2, 0.25) is 5.89 Å². The number of rotatable bonds is 8. The molecule has 21 heavy (non-hydrogen) atoms. The topological polar surface area (TPSA) is 72.2 Å². The Hall–Kier alpha value is -2.08. The van der Waals surface area contributed by atoms with Crippen LogP contribution < -0.4 is 15.4 Å². The van der Waals surface area contributed by atoms with Crippen LogP contribution in [0.3, 0.4) is 0 Å². The van der Waals surface area contributed by atoms with E-state index < -0.39 is 0 Å². The van der Waals surface area contributed by atoms with E-state index in [1.165, 1.54) is 5.56 Å². The Labute approximate surface area is 124 Å². The third-order valence-corrected chi connectivity index (χ3v) is 2.95. The Morgan fingerprint density at radius 1 is 1.29 bits per heavy atom. The molecule has 0 fully saturated rings. The van der Waals surface area contributed by atoms with Crippen LogP contribution in [0.25, 0.3) is 0 Å². The third kappa shape index (κ3) is 5.07. The molecule has 0 atom stereocenters. The van der Waals surface area contributed by atoms with Gasteiger partial charge in [-0.3, -0.25) is 0 Å². The SMILES string of the molecule is COc1cccc(CCNc2nnc(CNC(C)C)o2)c1. The van der Waals surface area contributed by atoms with Gasteiger partial charge in [-0.25, -0.2) is 0 Å². The van der Waals surface area contributed by atoms with Gasteiger partial charge in [-0.2, -0.15) is 0 Å². The Morgan fingerprint density at radius 3 is 2.90 bits per heavy atom. The normalized spacial score (nSPS) is 10.9. The monoisotopic (exact) mass is 290 g/mol. The first-order chi connectivity index (χ1) is 10.2. The van der Waals surface area contributed by atoms with Gasteiger partial charge < -0.3 is 19.8 Å². The zero-order valence-corrected chi connectivity index (χ0v) is 12.7. The van der Waals surface area contributed by atoms with E-state index in [2.05, 4.69) is 40.7 Å². The predicted molar refractivity (Wildman–Crippen MR) is 81.5 cm³/mol. The maximum absolute atomic E-state index is 5.50. The van der Waals surface area contributed by atoms with Gasteiger partial charge in [0, 0.05) is 12.6 Å². The van der Waals surface area contributed by atoms with E-state index in [1.807, 2.05) is 18.2 Å². The highest BCUT2D eigenvalue weighted by Crippen LogP contribution is 2.13. The summed E-state index contributed by atoms with van der Waals surface area (Å²) < 4.78 is 10.7. The molecule has 2 aromatic rings. The number of ether oxygens (including phenoxy) is 1. The van der Waals surface area contributed by atoms with Crippen LogP contribution in [0.5, 0.6) is 5.75 Å². The number of nitrogens with one attached hydrogen (secondary N) is 2. The minimum Gasteiger partial charge on any atom is -0.497 e. The minimum absolute atomic E-state index is 0.390. The van der Waals surface area contributed by atoms with Crippen molar-refractivity contribution in [2.75, 3.05) is 19.0 Å². The molecule has 6 heteroatoms. The van der Waals surface area contributed by atoms with Crippen molar-refractivity contribution in [2.24, 2.45) is 0 Å². The molecule has 2 rings (SSSR count). The number of benzene rings is 1. The molecule has 1 aromatic carbocycles. The van der Waals surface area contributed by atoms with Gasteiger partial charge in [-0.1, -0.05) is 31.1 Å². The van der Waals surface area contributed by atoms with Crippen molar-refractivity contribution in [1.29, 1.82) is 0 Å². The summed E-state index contributed by atoms with van der Waals surface area (Å²) in [5.41, 5.74) is 1.20. The smallest absolute Gasteiger partial charge is 0.315 e. The molecule has 1 heterocycles. The van der Waals surface area contributed by atoms with Crippen molar-refractivity contribution in [1.82, 2.24) is 15.5 Å². The van der Waals surface area contributed by atoms with Gasteiger partial charge in [0.05, 0.1) is 13.7 Å². The number of methoxy groups -OCH3 is 1. The molecule has 0 aliphatic rings. The van der Waals surface area contributed by atoms with Crippen molar-refractivity contribution >= 4 is 6.01 Å². The van der Waals surface area contributed by atoms with Gasteiger partial charge in [0.1, 0.15) is 5.75 Å². The fourth-order valence-corrected chi connectivity index (χ4v) is 1.83. The molecule has 114 valence electrons. The average Bonchev–Trinajstić information content (AvgIpc) is 2.93. The minimum atomic E-state index is 0.390. The summed E-state index contributed by atoms with van der Waals surface area (Å²) in [5, 5.41) is 14.3. The van der Waals surface area contributed by atoms with E-state index in [0.717, 1.165) is 18.7 Å². The summed E-state index contributed by atoms with van der Waals surface area (Å²) in [7, 11) is 1.67. The Bertz CT molecular complexity index is 554. The number of nitrogens with zero attached hydrogens (tertiary/aromatic N) is 2. The highest BCUT2D eigenvalue weighted by atomic mass is 16.5. The lowest BCUT2D eigenvalue weighted by atomic mass is 10.1. The molecule has 0 saturated carbocycles. The van der Waals surface area contributed by atoms with Crippen LogP contribution in [0.1, 0.15) is 25.3 Å². The molecule has 0 aliphatic carbocycles. The van der Waals surface area contributed by atoms with Crippen LogP contribution in [0.15, 0.2) is 28.7 Å². The summed E-state index contributed by atoms with van der Waals surface area (Å²) in [6.07, 6.45) is 0.860. The van der Waals surface area contributed by atoms with Crippen molar-refractivity contribution < 1.29 is 9.15 Å². The van der Waals surface area contributed by atoms with Gasteiger partial charge in [0.25, 0.3) is 0 Å². The van der Waals surface area contributed by atoms with E-state index >= 15 is 0 Å². The molecule has 0 amide bonds. The molecule has 0 unspecified atom stereocenters. The zero-order valence-electron chi connectivity index (χ0n) is 12.7. The summed E-state index contributed by atoms with van der Waals surface area (Å²) in [4.78, 5) is 0. The van der Waals surface area contributed by atoms with Crippen molar-refractivity contribution in [3.8, 4) is 5.75 Å². The predicted octanol–water partition coefficient (Wildman–Crippen LogP) is 2.23. The first-order valence-electron chi connectivity index (χ1n) is 7.10. The zero-order chi connectivity index (χ0) is 15.1. The standard InChI is InChI=1S/C15H22N4O2/c1-11(2)17-10-14-18-19-15(21-14)16-8-7-12-5-4-6-13(9-12)20-3/h4-6,9,11,17H,7-8,10H2,1-3H3,(H,16,19). The molecule has 6 nitrogen and oxygen atoms in total. The molecule has 2 N–H and O–H groups in total. The van der Waals surface area contributed by atoms with Crippen LogP contribution in [0.4, 0.5) is 6.01 Å². The van der Waals surface area contributed by atoms with Crippen LogP contribution in [-0.2, 0) is 13.0 Å². The molecule has 0 radical (unpaired) electrons. The van der Waals surface area contributed by atoms with E-state index in [0.29, 0.717) is 24.5 Å². The summed E-state index contributed by atoms with van der Waals surface area (Å²) in [6.45, 7) is 5.46. The van der Waals surface area contributed by atoms with Crippen LogP contribution in [0, 0.1) is 0 Å².